The van der Waals surface area contributed by atoms with Crippen LogP contribution in [-0.2, 0) is 0 Å². The van der Waals surface area contributed by atoms with E-state index in [2.05, 4.69) is 21.0 Å². The average Bonchev–Trinajstić information content (AvgIpc) is 2.10. The summed E-state index contributed by atoms with van der Waals surface area (Å²) in [5.41, 5.74) is 0. The molecular weight excluding hydrogens is 133 g/mol. The van der Waals surface area contributed by atoms with Crippen molar-refractivity contribution < 1.29 is 5.11 Å². The Balaban J connectivity index is 2.38. The largest absolute Gasteiger partial charge is 0.395 e. The van der Waals surface area contributed by atoms with Crippen LogP contribution in [0.4, 0.5) is 0 Å². The van der Waals surface area contributed by atoms with Crippen molar-refractivity contribution in [2.45, 2.75) is 19.4 Å². The molecule has 0 radical (unpaired) electrons. The minimum absolute atomic E-state index is 0.299. The van der Waals surface area contributed by atoms with Crippen molar-refractivity contribution in [3.8, 4) is 0 Å². The first-order valence-corrected chi connectivity index (χ1v) is 3.88. The smallest absolute Gasteiger partial charge is 0.0590 e. The predicted molar refractivity (Wildman–Crippen MR) is 41.1 cm³/mol. The summed E-state index contributed by atoms with van der Waals surface area (Å²) >= 11 is 0. The number of aliphatic hydroxyl groups is 1. The van der Waals surface area contributed by atoms with Gasteiger partial charge in [-0.05, 0) is 12.3 Å². The van der Waals surface area contributed by atoms with Gasteiger partial charge >= 0.3 is 0 Å². The van der Waals surface area contributed by atoms with Gasteiger partial charge in [0.1, 0.15) is 0 Å². The van der Waals surface area contributed by atoms with E-state index in [0.717, 1.165) is 18.9 Å². The second kappa shape index (κ2) is 2.96. The lowest BCUT2D eigenvalue weighted by molar-refractivity contribution is 0.220. The molecule has 3 unspecified atom stereocenters. The van der Waals surface area contributed by atoms with Crippen LogP contribution in [0.5, 0.6) is 0 Å². The van der Waals surface area contributed by atoms with E-state index >= 15 is 0 Å². The number of hydrogen-bond acceptors (Lipinski definition) is 2. The van der Waals surface area contributed by atoms with Crippen LogP contribution < -0.4 is 0 Å². The fourth-order valence-corrected chi connectivity index (χ4v) is 1.94. The summed E-state index contributed by atoms with van der Waals surface area (Å²) in [4.78, 5) is 0. The first-order chi connectivity index (χ1) is 4.24. The Kier molecular flexibility index (Phi) is 2.45. The molecule has 0 aliphatic carbocycles. The maximum atomic E-state index is 8.80. The molecule has 3 heteroatoms. The Morgan fingerprint density at radius 1 is 1.78 bits per heavy atom. The van der Waals surface area contributed by atoms with E-state index < -0.39 is 0 Å². The van der Waals surface area contributed by atoms with Crippen molar-refractivity contribution in [1.82, 2.24) is 4.67 Å². The Bertz CT molecular complexity index is 99.1. The van der Waals surface area contributed by atoms with E-state index in [9.17, 15) is 0 Å². The highest BCUT2D eigenvalue weighted by molar-refractivity contribution is 7.13. The zero-order valence-corrected chi connectivity index (χ0v) is 6.90. The highest BCUT2D eigenvalue weighted by Gasteiger charge is 2.25. The molecule has 9 heavy (non-hydrogen) atoms. The molecule has 1 heterocycles. The van der Waals surface area contributed by atoms with Gasteiger partial charge in [-0.1, -0.05) is 16.3 Å². The minimum Gasteiger partial charge on any atom is -0.395 e. The van der Waals surface area contributed by atoms with Gasteiger partial charge in [0.15, 0.2) is 0 Å². The van der Waals surface area contributed by atoms with Crippen molar-refractivity contribution in [2.75, 3.05) is 13.2 Å². The van der Waals surface area contributed by atoms with Crippen LogP contribution in [0.25, 0.3) is 0 Å². The molecule has 1 rings (SSSR count). The molecule has 54 valence electrons. The molecular formula is C6H14NOP. The minimum atomic E-state index is 0.299. The molecule has 1 fully saturated rings. The van der Waals surface area contributed by atoms with Gasteiger partial charge < -0.3 is 5.11 Å². The molecule has 3 atom stereocenters. The number of rotatable bonds is 1. The summed E-state index contributed by atoms with van der Waals surface area (Å²) in [5, 5.41) is 8.80. The zero-order valence-electron chi connectivity index (χ0n) is 5.75. The summed E-state index contributed by atoms with van der Waals surface area (Å²) in [6.45, 7) is 3.62. The van der Waals surface area contributed by atoms with Gasteiger partial charge in [0.05, 0.1) is 6.61 Å². The summed E-state index contributed by atoms with van der Waals surface area (Å²) in [6, 6.07) is 0.394. The second-order valence-corrected chi connectivity index (χ2v) is 3.54. The van der Waals surface area contributed by atoms with Crippen molar-refractivity contribution in [1.29, 1.82) is 0 Å². The molecule has 0 bridgehead atoms. The van der Waals surface area contributed by atoms with Crippen molar-refractivity contribution in [2.24, 2.45) is 5.92 Å². The molecule has 1 N–H and O–H groups in total. The molecule has 0 aromatic heterocycles. The maximum absolute atomic E-state index is 8.80. The number of nitrogens with zero attached hydrogens (tertiary/aromatic N) is 1. The normalized spacial score (nSPS) is 37.7. The maximum Gasteiger partial charge on any atom is 0.0590 e. The summed E-state index contributed by atoms with van der Waals surface area (Å²) < 4.78 is 2.14. The van der Waals surface area contributed by atoms with Gasteiger partial charge in [0, 0.05) is 12.6 Å². The van der Waals surface area contributed by atoms with Crippen LogP contribution in [0.3, 0.4) is 0 Å². The van der Waals surface area contributed by atoms with Gasteiger partial charge in [-0.25, -0.2) is 0 Å². The van der Waals surface area contributed by atoms with Crippen LogP contribution in [0.1, 0.15) is 13.3 Å². The van der Waals surface area contributed by atoms with Crippen molar-refractivity contribution in [3.63, 3.8) is 0 Å². The molecule has 0 aromatic carbocycles. The lowest BCUT2D eigenvalue weighted by Crippen LogP contribution is -2.22. The van der Waals surface area contributed by atoms with Gasteiger partial charge in [0.25, 0.3) is 0 Å². The van der Waals surface area contributed by atoms with Crippen LogP contribution in [0, 0.1) is 5.92 Å². The van der Waals surface area contributed by atoms with Crippen LogP contribution in [0.15, 0.2) is 0 Å². The van der Waals surface area contributed by atoms with E-state index in [-0.39, 0.29) is 0 Å². The van der Waals surface area contributed by atoms with Crippen molar-refractivity contribution in [3.05, 3.63) is 0 Å². The highest BCUT2D eigenvalue weighted by atomic mass is 31.0. The zero-order chi connectivity index (χ0) is 6.85. The molecule has 1 aliphatic rings. The molecule has 1 saturated heterocycles. The molecule has 2 nitrogen and oxygen atoms in total. The van der Waals surface area contributed by atoms with Gasteiger partial charge in [-0.15, -0.1) is 0 Å². The molecule has 0 amide bonds. The Morgan fingerprint density at radius 3 is 2.67 bits per heavy atom. The average molecular weight is 147 g/mol. The number of hydrogen-bond donors (Lipinski definition) is 1. The third kappa shape index (κ3) is 1.64. The van der Waals surface area contributed by atoms with E-state index in [1.807, 2.05) is 0 Å². The fourth-order valence-electron chi connectivity index (χ4n) is 1.36. The van der Waals surface area contributed by atoms with E-state index in [0.29, 0.717) is 12.6 Å². The van der Waals surface area contributed by atoms with E-state index in [4.69, 9.17) is 5.11 Å². The lowest BCUT2D eigenvalue weighted by atomic mass is 10.1. The third-order valence-corrected chi connectivity index (χ3v) is 2.51. The standard InChI is InChI=1S/C6H14NOP/c1-5-2-6(4-8)7(9)3-5/h5-6,8H,2-4,9H2,1H3. The Morgan fingerprint density at radius 2 is 2.44 bits per heavy atom. The molecule has 1 aliphatic heterocycles. The summed E-state index contributed by atoms with van der Waals surface area (Å²) in [7, 11) is 2.65. The van der Waals surface area contributed by atoms with Crippen LogP contribution >= 0.6 is 9.39 Å². The SMILES string of the molecule is CC1CC(CO)N(P)C1. The first kappa shape index (κ1) is 7.46. The summed E-state index contributed by atoms with van der Waals surface area (Å²) in [5.74, 6) is 0.750. The fraction of sp³-hybridized carbons (Fsp3) is 1.00. The van der Waals surface area contributed by atoms with E-state index in [1.54, 1.807) is 0 Å². The van der Waals surface area contributed by atoms with Gasteiger partial charge in [0.2, 0.25) is 0 Å². The lowest BCUT2D eigenvalue weighted by Gasteiger charge is -2.14. The van der Waals surface area contributed by atoms with E-state index in [1.165, 1.54) is 0 Å². The molecule has 0 saturated carbocycles. The van der Waals surface area contributed by atoms with Gasteiger partial charge in [-0.3, -0.25) is 4.67 Å². The molecule has 0 spiro atoms. The second-order valence-electron chi connectivity index (χ2n) is 2.87. The van der Waals surface area contributed by atoms with Crippen LogP contribution in [-0.4, -0.2) is 29.0 Å². The summed E-state index contributed by atoms with van der Waals surface area (Å²) in [6.07, 6.45) is 1.14. The van der Waals surface area contributed by atoms with Gasteiger partial charge in [-0.2, -0.15) is 0 Å². The quantitative estimate of drug-likeness (QED) is 0.545. The molecule has 0 aromatic rings. The topological polar surface area (TPSA) is 23.5 Å². The highest BCUT2D eigenvalue weighted by Crippen LogP contribution is 2.24. The Labute approximate surface area is 58.5 Å². The first-order valence-electron chi connectivity index (χ1n) is 3.36. The third-order valence-electron chi connectivity index (χ3n) is 1.88. The number of aliphatic hydroxyl groups excluding tert-OH is 1. The Hall–Kier alpha value is 0.350. The predicted octanol–water partition coefficient (Wildman–Crippen LogP) is 0.479. The van der Waals surface area contributed by atoms with Crippen LogP contribution in [0.2, 0.25) is 0 Å². The monoisotopic (exact) mass is 147 g/mol. The van der Waals surface area contributed by atoms with Crippen molar-refractivity contribution >= 4 is 9.39 Å².